The first-order chi connectivity index (χ1) is 13.1. The van der Waals surface area contributed by atoms with Gasteiger partial charge >= 0.3 is 5.97 Å². The summed E-state index contributed by atoms with van der Waals surface area (Å²) in [4.78, 5) is 28.6. The van der Waals surface area contributed by atoms with E-state index in [1.54, 1.807) is 6.07 Å². The summed E-state index contributed by atoms with van der Waals surface area (Å²) in [7, 11) is 0. The van der Waals surface area contributed by atoms with Gasteiger partial charge in [0.05, 0.1) is 16.8 Å². The van der Waals surface area contributed by atoms with Gasteiger partial charge in [-0.1, -0.05) is 60.7 Å². The number of fused-ring (bicyclic) bond motifs is 2. The van der Waals surface area contributed by atoms with Crippen LogP contribution in [-0.4, -0.2) is 23.3 Å². The highest BCUT2D eigenvalue weighted by Crippen LogP contribution is 2.30. The lowest BCUT2D eigenvalue weighted by molar-refractivity contribution is -0.120. The van der Waals surface area contributed by atoms with Gasteiger partial charge in [-0.2, -0.15) is 0 Å². The average molecular weight is 355 g/mol. The molecule has 0 aliphatic carbocycles. The van der Waals surface area contributed by atoms with Crippen LogP contribution in [0.25, 0.3) is 32.9 Å². The quantitative estimate of drug-likeness (QED) is 0.493. The molecule has 0 atom stereocenters. The molecule has 0 unspecified atom stereocenters. The molecule has 0 bridgehead atoms. The molecule has 0 saturated carbocycles. The lowest BCUT2D eigenvalue weighted by Crippen LogP contribution is -2.12. The van der Waals surface area contributed by atoms with E-state index in [0.717, 1.165) is 16.3 Å². The Balaban J connectivity index is 1.91. The molecule has 4 aromatic rings. The van der Waals surface area contributed by atoms with Gasteiger partial charge in [-0.3, -0.25) is 4.79 Å². The number of benzene rings is 3. The highest BCUT2D eigenvalue weighted by atomic mass is 16.5. The zero-order valence-electron chi connectivity index (χ0n) is 14.8. The van der Waals surface area contributed by atoms with Crippen LogP contribution >= 0.6 is 0 Å². The average Bonchev–Trinajstić information content (AvgIpc) is 2.70. The van der Waals surface area contributed by atoms with Gasteiger partial charge in [-0.15, -0.1) is 0 Å². The van der Waals surface area contributed by atoms with Crippen molar-refractivity contribution < 1.29 is 14.3 Å². The maximum Gasteiger partial charge on any atom is 0.339 e. The van der Waals surface area contributed by atoms with Crippen LogP contribution in [0.2, 0.25) is 0 Å². The molecule has 27 heavy (non-hydrogen) atoms. The van der Waals surface area contributed by atoms with Crippen LogP contribution in [0.15, 0.2) is 72.8 Å². The van der Waals surface area contributed by atoms with Crippen molar-refractivity contribution in [2.45, 2.75) is 6.92 Å². The van der Waals surface area contributed by atoms with Gasteiger partial charge in [0.25, 0.3) is 0 Å². The molecule has 132 valence electrons. The number of ketones is 1. The molecule has 4 heteroatoms. The number of hydrogen-bond donors (Lipinski definition) is 0. The third-order valence-corrected chi connectivity index (χ3v) is 4.41. The van der Waals surface area contributed by atoms with Crippen molar-refractivity contribution in [3.63, 3.8) is 0 Å². The second-order valence-corrected chi connectivity index (χ2v) is 6.38. The molecule has 0 amide bonds. The highest BCUT2D eigenvalue weighted by molar-refractivity contribution is 6.06. The van der Waals surface area contributed by atoms with Crippen LogP contribution in [0.4, 0.5) is 0 Å². The fourth-order valence-electron chi connectivity index (χ4n) is 3.18. The van der Waals surface area contributed by atoms with Gasteiger partial charge in [0.15, 0.2) is 5.78 Å². The van der Waals surface area contributed by atoms with E-state index in [9.17, 15) is 9.59 Å². The second kappa shape index (κ2) is 7.00. The van der Waals surface area contributed by atoms with Crippen molar-refractivity contribution in [1.29, 1.82) is 0 Å². The summed E-state index contributed by atoms with van der Waals surface area (Å²) >= 11 is 0. The molecule has 4 rings (SSSR count). The van der Waals surface area contributed by atoms with Crippen LogP contribution in [-0.2, 0) is 9.53 Å². The fourth-order valence-corrected chi connectivity index (χ4v) is 3.18. The van der Waals surface area contributed by atoms with Gasteiger partial charge in [-0.25, -0.2) is 9.78 Å². The molecular formula is C23H17NO3. The van der Waals surface area contributed by atoms with E-state index in [1.165, 1.54) is 6.92 Å². The Hall–Kier alpha value is -3.53. The number of aromatic nitrogens is 1. The SMILES string of the molecule is CC(=O)COC(=O)c1cc(-c2cccc3ccccc23)nc2ccccc12. The van der Waals surface area contributed by atoms with Gasteiger partial charge in [-0.05, 0) is 29.8 Å². The number of carbonyl (C=O) groups excluding carboxylic acids is 2. The maximum absolute atomic E-state index is 12.6. The van der Waals surface area contributed by atoms with Crippen LogP contribution in [0.1, 0.15) is 17.3 Å². The van der Waals surface area contributed by atoms with E-state index in [4.69, 9.17) is 9.72 Å². The fraction of sp³-hybridized carbons (Fsp3) is 0.0870. The van der Waals surface area contributed by atoms with E-state index in [1.807, 2.05) is 66.7 Å². The van der Waals surface area contributed by atoms with E-state index in [0.29, 0.717) is 22.2 Å². The minimum absolute atomic E-state index is 0.198. The van der Waals surface area contributed by atoms with Crippen LogP contribution in [0, 0.1) is 0 Å². The van der Waals surface area contributed by atoms with E-state index in [2.05, 4.69) is 0 Å². The summed E-state index contributed by atoms with van der Waals surface area (Å²) in [5.74, 6) is -0.721. The summed E-state index contributed by atoms with van der Waals surface area (Å²) in [6, 6.07) is 23.2. The third-order valence-electron chi connectivity index (χ3n) is 4.41. The van der Waals surface area contributed by atoms with Crippen LogP contribution in [0.5, 0.6) is 0 Å². The first-order valence-electron chi connectivity index (χ1n) is 8.68. The Morgan fingerprint density at radius 3 is 2.41 bits per heavy atom. The predicted molar refractivity (Wildman–Crippen MR) is 106 cm³/mol. The number of esters is 1. The molecule has 1 heterocycles. The molecule has 0 aliphatic rings. The molecule has 0 N–H and O–H groups in total. The van der Waals surface area contributed by atoms with Crippen molar-refractivity contribution in [3.05, 3.63) is 78.4 Å². The molecule has 0 saturated heterocycles. The molecular weight excluding hydrogens is 338 g/mol. The van der Waals surface area contributed by atoms with Crippen molar-refractivity contribution in [3.8, 4) is 11.3 Å². The molecule has 0 aliphatic heterocycles. The number of ether oxygens (including phenoxy) is 1. The Labute approximate surface area is 156 Å². The standard InChI is InChI=1S/C23H17NO3/c1-15(25)14-27-23(26)20-13-22(24-21-12-5-4-10-19(20)21)18-11-6-8-16-7-2-3-9-17(16)18/h2-13H,14H2,1H3. The molecule has 1 aromatic heterocycles. The number of rotatable bonds is 4. The monoisotopic (exact) mass is 355 g/mol. The number of carbonyl (C=O) groups is 2. The predicted octanol–water partition coefficient (Wildman–Crippen LogP) is 4.80. The van der Waals surface area contributed by atoms with Crippen molar-refractivity contribution in [2.24, 2.45) is 0 Å². The first kappa shape index (κ1) is 16.9. The normalized spacial score (nSPS) is 10.9. The van der Waals surface area contributed by atoms with E-state index in [-0.39, 0.29) is 12.4 Å². The molecule has 0 spiro atoms. The zero-order chi connectivity index (χ0) is 18.8. The number of Topliss-reactive ketones (excluding diaryl/α,β-unsaturated/α-hetero) is 1. The van der Waals surface area contributed by atoms with Crippen LogP contribution in [0.3, 0.4) is 0 Å². The summed E-state index contributed by atoms with van der Waals surface area (Å²) in [5.41, 5.74) is 2.75. The summed E-state index contributed by atoms with van der Waals surface area (Å²) in [5, 5.41) is 2.87. The van der Waals surface area contributed by atoms with Crippen molar-refractivity contribution in [1.82, 2.24) is 4.98 Å². The molecule has 0 fully saturated rings. The Kier molecular flexibility index (Phi) is 4.38. The maximum atomic E-state index is 12.6. The van der Waals surface area contributed by atoms with Gasteiger partial charge in [0.2, 0.25) is 0 Å². The topological polar surface area (TPSA) is 56.3 Å². The van der Waals surface area contributed by atoms with E-state index < -0.39 is 5.97 Å². The smallest absolute Gasteiger partial charge is 0.339 e. The van der Waals surface area contributed by atoms with Crippen molar-refractivity contribution in [2.75, 3.05) is 6.61 Å². The summed E-state index contributed by atoms with van der Waals surface area (Å²) in [6.45, 7) is 1.15. The second-order valence-electron chi connectivity index (χ2n) is 6.38. The van der Waals surface area contributed by atoms with E-state index >= 15 is 0 Å². The number of hydrogen-bond acceptors (Lipinski definition) is 4. The number of nitrogens with zero attached hydrogens (tertiary/aromatic N) is 1. The third kappa shape index (κ3) is 3.29. The first-order valence-corrected chi connectivity index (χ1v) is 8.68. The Morgan fingerprint density at radius 2 is 1.59 bits per heavy atom. The minimum atomic E-state index is -0.523. The lowest BCUT2D eigenvalue weighted by atomic mass is 9.99. The summed E-state index contributed by atoms with van der Waals surface area (Å²) in [6.07, 6.45) is 0. The number of pyridine rings is 1. The Morgan fingerprint density at radius 1 is 0.889 bits per heavy atom. The van der Waals surface area contributed by atoms with Crippen LogP contribution < -0.4 is 0 Å². The Bertz CT molecular complexity index is 1180. The van der Waals surface area contributed by atoms with Crippen molar-refractivity contribution >= 4 is 33.4 Å². The zero-order valence-corrected chi connectivity index (χ0v) is 14.8. The molecule has 0 radical (unpaired) electrons. The minimum Gasteiger partial charge on any atom is -0.454 e. The summed E-state index contributed by atoms with van der Waals surface area (Å²) < 4.78 is 5.16. The van der Waals surface area contributed by atoms with Gasteiger partial charge in [0, 0.05) is 10.9 Å². The molecule has 3 aromatic carbocycles. The van der Waals surface area contributed by atoms with Gasteiger partial charge in [0.1, 0.15) is 6.61 Å². The lowest BCUT2D eigenvalue weighted by Gasteiger charge is -2.11. The largest absolute Gasteiger partial charge is 0.454 e. The molecule has 4 nitrogen and oxygen atoms in total. The van der Waals surface area contributed by atoms with Gasteiger partial charge < -0.3 is 4.74 Å². The highest BCUT2D eigenvalue weighted by Gasteiger charge is 2.16. The number of para-hydroxylation sites is 1.